The quantitative estimate of drug-likeness (QED) is 0.182. The monoisotopic (exact) mass is 611 g/mol. The van der Waals surface area contributed by atoms with E-state index in [0.717, 1.165) is 27.5 Å². The molecule has 0 saturated heterocycles. The minimum absolute atomic E-state index is 0.655. The van der Waals surface area contributed by atoms with Gasteiger partial charge in [0.25, 0.3) is 0 Å². The van der Waals surface area contributed by atoms with E-state index in [-0.39, 0.29) is 0 Å². The van der Waals surface area contributed by atoms with Gasteiger partial charge in [-0.2, -0.15) is 0 Å². The molecule has 8 aromatic carbocycles. The Bertz CT molecular complexity index is 2540. The Balaban J connectivity index is 1.28. The molecular weight excluding hydrogens is 583 g/mol. The van der Waals surface area contributed by atoms with Crippen molar-refractivity contribution in [2.45, 2.75) is 0 Å². The first-order valence-electron chi connectivity index (χ1n) is 16.2. The normalized spacial score (nSPS) is 11.3. The van der Waals surface area contributed by atoms with Crippen LogP contribution in [0.1, 0.15) is 0 Å². The van der Waals surface area contributed by atoms with Gasteiger partial charge in [-0.3, -0.25) is 0 Å². The summed E-state index contributed by atoms with van der Waals surface area (Å²) in [5, 5.41) is 7.23. The lowest BCUT2D eigenvalue weighted by molar-refractivity contribution is 1.08. The van der Waals surface area contributed by atoms with E-state index in [4.69, 9.17) is 15.0 Å². The third kappa shape index (κ3) is 4.81. The first kappa shape index (κ1) is 27.8. The molecule has 0 fully saturated rings. The lowest BCUT2D eigenvalue weighted by atomic mass is 9.84. The molecule has 0 saturated carbocycles. The Labute approximate surface area is 278 Å². The third-order valence-corrected chi connectivity index (χ3v) is 9.10. The van der Waals surface area contributed by atoms with E-state index < -0.39 is 0 Å². The number of benzene rings is 8. The van der Waals surface area contributed by atoms with Gasteiger partial charge in [0.2, 0.25) is 0 Å². The Kier molecular flexibility index (Phi) is 6.80. The largest absolute Gasteiger partial charge is 0.208 e. The topological polar surface area (TPSA) is 38.7 Å². The van der Waals surface area contributed by atoms with Crippen molar-refractivity contribution in [1.29, 1.82) is 0 Å². The summed E-state index contributed by atoms with van der Waals surface area (Å²) in [4.78, 5) is 15.0. The van der Waals surface area contributed by atoms with Crippen LogP contribution in [0.4, 0.5) is 0 Å². The molecule has 3 nitrogen and oxygen atoms in total. The van der Waals surface area contributed by atoms with Gasteiger partial charge >= 0.3 is 0 Å². The van der Waals surface area contributed by atoms with E-state index in [2.05, 4.69) is 115 Å². The number of aromatic nitrogens is 3. The Morgan fingerprint density at radius 1 is 0.271 bits per heavy atom. The molecule has 1 heterocycles. The highest BCUT2D eigenvalue weighted by molar-refractivity contribution is 6.22. The van der Waals surface area contributed by atoms with Crippen molar-refractivity contribution in [2.24, 2.45) is 0 Å². The number of rotatable bonds is 5. The van der Waals surface area contributed by atoms with Crippen molar-refractivity contribution in [1.82, 2.24) is 15.0 Å². The molecule has 48 heavy (non-hydrogen) atoms. The molecule has 3 heteroatoms. The highest BCUT2D eigenvalue weighted by Gasteiger charge is 2.19. The van der Waals surface area contributed by atoms with E-state index in [9.17, 15) is 0 Å². The van der Waals surface area contributed by atoms with Gasteiger partial charge in [-0.05, 0) is 60.6 Å². The summed E-state index contributed by atoms with van der Waals surface area (Å²) in [6.07, 6.45) is 0. The molecule has 0 amide bonds. The van der Waals surface area contributed by atoms with Gasteiger partial charge < -0.3 is 0 Å². The zero-order chi connectivity index (χ0) is 31.9. The fourth-order valence-electron chi connectivity index (χ4n) is 6.91. The standard InChI is InChI=1S/C45H29N3/c1-4-15-30(16-5-1)41-38-24-12-10-22-36(38)37-23-11-13-25-39(37)42(41)34-27-28-35-33(29-34)21-14-26-40(35)45-47-43(31-17-6-2-7-18-31)46-44(48-45)32-19-8-3-9-20-32/h1-29H. The molecule has 0 spiro atoms. The van der Waals surface area contributed by atoms with E-state index in [1.165, 1.54) is 43.8 Å². The predicted molar refractivity (Wildman–Crippen MR) is 200 cm³/mol. The van der Waals surface area contributed by atoms with Crippen LogP contribution in [0.5, 0.6) is 0 Å². The Morgan fingerprint density at radius 2 is 0.729 bits per heavy atom. The predicted octanol–water partition coefficient (Wildman–Crippen LogP) is 11.7. The zero-order valence-electron chi connectivity index (χ0n) is 26.1. The molecule has 0 unspecified atom stereocenters. The van der Waals surface area contributed by atoms with Gasteiger partial charge in [0.15, 0.2) is 17.5 Å². The van der Waals surface area contributed by atoms with Gasteiger partial charge in [-0.15, -0.1) is 0 Å². The molecule has 0 bridgehead atoms. The maximum absolute atomic E-state index is 5.04. The minimum atomic E-state index is 0.655. The van der Waals surface area contributed by atoms with Crippen LogP contribution in [0.15, 0.2) is 176 Å². The summed E-state index contributed by atoms with van der Waals surface area (Å²) in [5.74, 6) is 1.97. The third-order valence-electron chi connectivity index (χ3n) is 9.10. The molecule has 0 aliphatic carbocycles. The van der Waals surface area contributed by atoms with Crippen molar-refractivity contribution < 1.29 is 0 Å². The van der Waals surface area contributed by atoms with Crippen molar-refractivity contribution in [3.63, 3.8) is 0 Å². The molecular formula is C45H29N3. The van der Waals surface area contributed by atoms with Crippen molar-refractivity contribution in [2.75, 3.05) is 0 Å². The van der Waals surface area contributed by atoms with Crippen LogP contribution in [0, 0.1) is 0 Å². The summed E-state index contributed by atoms with van der Waals surface area (Å²) in [5.41, 5.74) is 7.75. The average molecular weight is 612 g/mol. The second-order valence-electron chi connectivity index (χ2n) is 12.0. The first-order valence-corrected chi connectivity index (χ1v) is 16.2. The fourth-order valence-corrected chi connectivity index (χ4v) is 6.91. The molecule has 0 aliphatic rings. The van der Waals surface area contributed by atoms with E-state index in [1.807, 2.05) is 60.7 Å². The lowest BCUT2D eigenvalue weighted by Gasteiger charge is -2.19. The van der Waals surface area contributed by atoms with Gasteiger partial charge in [-0.1, -0.05) is 170 Å². The fraction of sp³-hybridized carbons (Fsp3) is 0. The van der Waals surface area contributed by atoms with Crippen molar-refractivity contribution in [3.8, 4) is 56.4 Å². The molecule has 0 aliphatic heterocycles. The smallest absolute Gasteiger partial charge is 0.164 e. The second-order valence-corrected chi connectivity index (χ2v) is 12.0. The minimum Gasteiger partial charge on any atom is -0.208 e. The molecule has 224 valence electrons. The van der Waals surface area contributed by atoms with Crippen molar-refractivity contribution >= 4 is 32.3 Å². The Hall–Kier alpha value is -6.45. The summed E-state index contributed by atoms with van der Waals surface area (Å²) < 4.78 is 0. The average Bonchev–Trinajstić information content (AvgIpc) is 3.17. The van der Waals surface area contributed by atoms with Crippen LogP contribution in [0.2, 0.25) is 0 Å². The SMILES string of the molecule is c1ccc(-c2nc(-c3ccccc3)nc(-c3cccc4cc(-c5c(-c6ccccc6)c6ccccc6c6ccccc56)ccc34)n2)cc1. The molecule has 0 radical (unpaired) electrons. The Morgan fingerprint density at radius 3 is 1.29 bits per heavy atom. The lowest BCUT2D eigenvalue weighted by Crippen LogP contribution is -2.00. The highest BCUT2D eigenvalue weighted by atomic mass is 15.0. The number of fused-ring (bicyclic) bond motifs is 4. The van der Waals surface area contributed by atoms with Gasteiger partial charge in [0.1, 0.15) is 0 Å². The summed E-state index contributed by atoms with van der Waals surface area (Å²) >= 11 is 0. The van der Waals surface area contributed by atoms with Crippen LogP contribution < -0.4 is 0 Å². The van der Waals surface area contributed by atoms with Gasteiger partial charge in [0, 0.05) is 16.7 Å². The van der Waals surface area contributed by atoms with Gasteiger partial charge in [-0.25, -0.2) is 15.0 Å². The van der Waals surface area contributed by atoms with E-state index in [0.29, 0.717) is 17.5 Å². The van der Waals surface area contributed by atoms with Crippen molar-refractivity contribution in [3.05, 3.63) is 176 Å². The summed E-state index contributed by atoms with van der Waals surface area (Å²) in [6.45, 7) is 0. The molecule has 0 atom stereocenters. The van der Waals surface area contributed by atoms with E-state index >= 15 is 0 Å². The highest BCUT2D eigenvalue weighted by Crippen LogP contribution is 2.45. The summed E-state index contributed by atoms with van der Waals surface area (Å²) in [6, 6.07) is 61.8. The van der Waals surface area contributed by atoms with Gasteiger partial charge in [0.05, 0.1) is 0 Å². The van der Waals surface area contributed by atoms with E-state index in [1.54, 1.807) is 0 Å². The van der Waals surface area contributed by atoms with Crippen LogP contribution in [-0.2, 0) is 0 Å². The molecule has 9 rings (SSSR count). The second kappa shape index (κ2) is 11.7. The zero-order valence-corrected chi connectivity index (χ0v) is 26.1. The van der Waals surface area contributed by atoms with Crippen LogP contribution in [0.25, 0.3) is 88.7 Å². The number of nitrogens with zero attached hydrogens (tertiary/aromatic N) is 3. The van der Waals surface area contributed by atoms with Crippen LogP contribution >= 0.6 is 0 Å². The first-order chi connectivity index (χ1) is 23.8. The molecule has 0 N–H and O–H groups in total. The maximum atomic E-state index is 5.04. The van der Waals surface area contributed by atoms with Crippen LogP contribution in [0.3, 0.4) is 0 Å². The number of hydrogen-bond acceptors (Lipinski definition) is 3. The molecule has 1 aromatic heterocycles. The number of hydrogen-bond donors (Lipinski definition) is 0. The summed E-state index contributed by atoms with van der Waals surface area (Å²) in [7, 11) is 0. The maximum Gasteiger partial charge on any atom is 0.164 e. The van der Waals surface area contributed by atoms with Crippen LogP contribution in [-0.4, -0.2) is 15.0 Å². The molecule has 9 aromatic rings.